The molecule has 0 aliphatic heterocycles. The molecule has 0 aromatic carbocycles. The smallest absolute Gasteiger partial charge is 0.261 e. The summed E-state index contributed by atoms with van der Waals surface area (Å²) >= 11 is 6.67. The number of carbonyl (C=O) groups is 1. The number of amides is 1. The van der Waals surface area contributed by atoms with Crippen LogP contribution < -0.4 is 5.32 Å². The van der Waals surface area contributed by atoms with E-state index in [4.69, 9.17) is 0 Å². The van der Waals surface area contributed by atoms with Gasteiger partial charge >= 0.3 is 0 Å². The molecule has 0 radical (unpaired) electrons. The minimum absolute atomic E-state index is 0.000230. The van der Waals surface area contributed by atoms with Crippen LogP contribution in [0, 0.1) is 6.92 Å². The average molecular weight is 344 g/mol. The van der Waals surface area contributed by atoms with E-state index in [9.17, 15) is 4.79 Å². The molecule has 5 heteroatoms. The molecule has 0 aliphatic carbocycles. The third-order valence-electron chi connectivity index (χ3n) is 2.57. The second kappa shape index (κ2) is 5.99. The highest BCUT2D eigenvalue weighted by Crippen LogP contribution is 2.27. The van der Waals surface area contributed by atoms with Crippen molar-refractivity contribution in [1.29, 1.82) is 0 Å². The summed E-state index contributed by atoms with van der Waals surface area (Å²) in [6.45, 7) is 4.74. The van der Waals surface area contributed by atoms with Crippen molar-refractivity contribution in [2.24, 2.45) is 0 Å². The topological polar surface area (TPSA) is 29.1 Å². The fourth-order valence-corrected chi connectivity index (χ4v) is 3.88. The molecule has 96 valence electrons. The Labute approximate surface area is 123 Å². The maximum Gasteiger partial charge on any atom is 0.261 e. The van der Waals surface area contributed by atoms with Gasteiger partial charge in [-0.25, -0.2) is 0 Å². The Kier molecular flexibility index (Phi) is 4.59. The molecule has 0 atom stereocenters. The van der Waals surface area contributed by atoms with Crippen LogP contribution in [0.3, 0.4) is 0 Å². The molecule has 2 aromatic heterocycles. The first-order valence-corrected chi connectivity index (χ1v) is 8.14. The standard InChI is InChI=1S/C13H14BrNOS2/c1-3-9-4-5-10(17-9)7-15-13(16)11-6-8(2)12(14)18-11/h4-6H,3,7H2,1-2H3,(H,15,16). The van der Waals surface area contributed by atoms with Gasteiger partial charge in [0.1, 0.15) is 0 Å². The molecule has 2 nitrogen and oxygen atoms in total. The van der Waals surface area contributed by atoms with Crippen molar-refractivity contribution in [3.05, 3.63) is 42.2 Å². The van der Waals surface area contributed by atoms with Crippen molar-refractivity contribution >= 4 is 44.5 Å². The highest BCUT2D eigenvalue weighted by atomic mass is 79.9. The van der Waals surface area contributed by atoms with Gasteiger partial charge in [-0.15, -0.1) is 22.7 Å². The zero-order valence-corrected chi connectivity index (χ0v) is 13.5. The lowest BCUT2D eigenvalue weighted by Gasteiger charge is -2.00. The molecule has 1 amide bonds. The molecule has 0 bridgehead atoms. The molecule has 2 heterocycles. The van der Waals surface area contributed by atoms with E-state index in [0.29, 0.717) is 6.54 Å². The number of halogens is 1. The van der Waals surface area contributed by atoms with E-state index in [1.807, 2.05) is 13.0 Å². The van der Waals surface area contributed by atoms with E-state index in [1.165, 1.54) is 21.1 Å². The molecule has 2 rings (SSSR count). The molecule has 0 fully saturated rings. The van der Waals surface area contributed by atoms with Crippen molar-refractivity contribution in [2.75, 3.05) is 0 Å². The second-order valence-corrected chi connectivity index (χ2v) is 7.59. The maximum atomic E-state index is 11.9. The summed E-state index contributed by atoms with van der Waals surface area (Å²) in [6.07, 6.45) is 1.05. The van der Waals surface area contributed by atoms with E-state index in [-0.39, 0.29) is 5.91 Å². The van der Waals surface area contributed by atoms with Crippen LogP contribution in [-0.2, 0) is 13.0 Å². The van der Waals surface area contributed by atoms with Crippen LogP contribution in [-0.4, -0.2) is 5.91 Å². The Hall–Kier alpha value is -0.650. The summed E-state index contributed by atoms with van der Waals surface area (Å²) in [6, 6.07) is 6.12. The molecule has 2 aromatic rings. The first-order chi connectivity index (χ1) is 8.60. The molecule has 18 heavy (non-hydrogen) atoms. The van der Waals surface area contributed by atoms with Crippen LogP contribution >= 0.6 is 38.6 Å². The monoisotopic (exact) mass is 343 g/mol. The number of hydrogen-bond donors (Lipinski definition) is 1. The van der Waals surface area contributed by atoms with Gasteiger partial charge in [0.2, 0.25) is 0 Å². The van der Waals surface area contributed by atoms with Crippen LogP contribution in [0.5, 0.6) is 0 Å². The van der Waals surface area contributed by atoms with Crippen LogP contribution in [0.4, 0.5) is 0 Å². The third kappa shape index (κ3) is 3.22. The van der Waals surface area contributed by atoms with Crippen molar-refractivity contribution in [3.63, 3.8) is 0 Å². The molecule has 0 saturated carbocycles. The zero-order valence-electron chi connectivity index (χ0n) is 10.2. The summed E-state index contributed by atoms with van der Waals surface area (Å²) in [5, 5.41) is 2.95. The summed E-state index contributed by atoms with van der Waals surface area (Å²) in [5.41, 5.74) is 1.11. The average Bonchev–Trinajstić information content (AvgIpc) is 2.94. The molecule has 0 spiro atoms. The number of nitrogens with one attached hydrogen (secondary N) is 1. The lowest BCUT2D eigenvalue weighted by atomic mass is 10.3. The Morgan fingerprint density at radius 1 is 1.33 bits per heavy atom. The van der Waals surface area contributed by atoms with Crippen LogP contribution in [0.1, 0.15) is 31.9 Å². The highest BCUT2D eigenvalue weighted by molar-refractivity contribution is 9.11. The maximum absolute atomic E-state index is 11.9. The van der Waals surface area contributed by atoms with E-state index in [1.54, 1.807) is 11.3 Å². The van der Waals surface area contributed by atoms with Crippen LogP contribution in [0.2, 0.25) is 0 Å². The van der Waals surface area contributed by atoms with Gasteiger partial charge < -0.3 is 5.32 Å². The predicted molar refractivity (Wildman–Crippen MR) is 81.6 cm³/mol. The van der Waals surface area contributed by atoms with Gasteiger partial charge in [-0.3, -0.25) is 4.79 Å². The fourth-order valence-electron chi connectivity index (χ4n) is 1.53. The minimum Gasteiger partial charge on any atom is -0.346 e. The second-order valence-electron chi connectivity index (χ2n) is 3.97. The first-order valence-electron chi connectivity index (χ1n) is 5.72. The number of carbonyl (C=O) groups excluding carboxylic acids is 1. The van der Waals surface area contributed by atoms with Gasteiger partial charge in [0.25, 0.3) is 5.91 Å². The number of aryl methyl sites for hydroxylation is 2. The van der Waals surface area contributed by atoms with Gasteiger partial charge in [0.05, 0.1) is 15.2 Å². The molecular formula is C13H14BrNOS2. The Morgan fingerprint density at radius 2 is 2.06 bits per heavy atom. The third-order valence-corrected chi connectivity index (χ3v) is 5.93. The Balaban J connectivity index is 1.95. The van der Waals surface area contributed by atoms with Gasteiger partial charge in [-0.2, -0.15) is 0 Å². The molecule has 0 saturated heterocycles. The van der Waals surface area contributed by atoms with Gasteiger partial charge in [0.15, 0.2) is 0 Å². The number of rotatable bonds is 4. The van der Waals surface area contributed by atoms with Crippen LogP contribution in [0.15, 0.2) is 22.0 Å². The summed E-state index contributed by atoms with van der Waals surface area (Å²) in [5.74, 6) is 0.000230. The predicted octanol–water partition coefficient (Wildman–Crippen LogP) is 4.37. The van der Waals surface area contributed by atoms with Crippen LogP contribution in [0.25, 0.3) is 0 Å². The largest absolute Gasteiger partial charge is 0.346 e. The quantitative estimate of drug-likeness (QED) is 0.877. The van der Waals surface area contributed by atoms with E-state index >= 15 is 0 Å². The Morgan fingerprint density at radius 3 is 2.61 bits per heavy atom. The molecule has 0 aliphatic rings. The van der Waals surface area contributed by atoms with Crippen molar-refractivity contribution < 1.29 is 4.79 Å². The lowest BCUT2D eigenvalue weighted by molar-refractivity contribution is 0.0955. The van der Waals surface area contributed by atoms with Crippen molar-refractivity contribution in [2.45, 2.75) is 26.8 Å². The Bertz CT molecular complexity index is 540. The normalized spacial score (nSPS) is 10.6. The summed E-state index contributed by atoms with van der Waals surface area (Å²) in [7, 11) is 0. The lowest BCUT2D eigenvalue weighted by Crippen LogP contribution is -2.21. The van der Waals surface area contributed by atoms with Gasteiger partial charge in [0, 0.05) is 9.75 Å². The summed E-state index contributed by atoms with van der Waals surface area (Å²) in [4.78, 5) is 15.3. The first kappa shape index (κ1) is 13.8. The molecular weight excluding hydrogens is 330 g/mol. The zero-order chi connectivity index (χ0) is 13.1. The number of thiophene rings is 2. The molecule has 1 N–H and O–H groups in total. The fraction of sp³-hybridized carbons (Fsp3) is 0.308. The molecule has 0 unspecified atom stereocenters. The SMILES string of the molecule is CCc1ccc(CNC(=O)c2cc(C)c(Br)s2)s1. The minimum atomic E-state index is 0.000230. The van der Waals surface area contributed by atoms with Gasteiger partial charge in [-0.05, 0) is 53.0 Å². The van der Waals surface area contributed by atoms with E-state index in [0.717, 1.165) is 20.6 Å². The van der Waals surface area contributed by atoms with E-state index in [2.05, 4.69) is 40.3 Å². The summed E-state index contributed by atoms with van der Waals surface area (Å²) < 4.78 is 1.03. The van der Waals surface area contributed by atoms with Crippen molar-refractivity contribution in [3.8, 4) is 0 Å². The van der Waals surface area contributed by atoms with Gasteiger partial charge in [-0.1, -0.05) is 6.92 Å². The van der Waals surface area contributed by atoms with E-state index < -0.39 is 0 Å². The highest BCUT2D eigenvalue weighted by Gasteiger charge is 2.11. The number of hydrogen-bond acceptors (Lipinski definition) is 3. The van der Waals surface area contributed by atoms with Crippen molar-refractivity contribution in [1.82, 2.24) is 5.32 Å².